The van der Waals surface area contributed by atoms with Crippen LogP contribution in [0.25, 0.3) is 0 Å². The molecule has 0 fully saturated rings. The van der Waals surface area contributed by atoms with Crippen molar-refractivity contribution in [3.63, 3.8) is 0 Å². The van der Waals surface area contributed by atoms with Gasteiger partial charge in [-0.1, -0.05) is 42.5 Å². The number of carbonyl (C=O) groups excluding carboxylic acids is 2. The Morgan fingerprint density at radius 3 is 2.16 bits per heavy atom. The Bertz CT molecular complexity index is 1440. The zero-order valence-corrected chi connectivity index (χ0v) is 21.1. The molecule has 0 radical (unpaired) electrons. The number of non-ortho nitro benzene ring substituents is 1. The monoisotopic (exact) mass is 511 g/mol. The van der Waals surface area contributed by atoms with Gasteiger partial charge in [-0.3, -0.25) is 19.7 Å². The third-order valence-corrected chi connectivity index (χ3v) is 7.07. The summed E-state index contributed by atoms with van der Waals surface area (Å²) in [6, 6.07) is 28.1. The Hall–Kier alpha value is -4.43. The number of thioether (sulfide) groups is 1. The summed E-state index contributed by atoms with van der Waals surface area (Å²) in [6.45, 7) is 4.03. The van der Waals surface area contributed by atoms with Crippen molar-refractivity contribution in [1.29, 1.82) is 0 Å². The molecule has 8 heteroatoms. The maximum atomic E-state index is 13.3. The Kier molecular flexibility index (Phi) is 8.00. The van der Waals surface area contributed by atoms with Gasteiger partial charge in [0, 0.05) is 34.0 Å². The number of amides is 2. The van der Waals surface area contributed by atoms with Crippen LogP contribution in [0.4, 0.5) is 17.1 Å². The number of hydrogen-bond acceptors (Lipinski definition) is 5. The molecule has 37 heavy (non-hydrogen) atoms. The molecule has 0 spiro atoms. The number of nitrogens with zero attached hydrogens (tertiary/aromatic N) is 1. The highest BCUT2D eigenvalue weighted by Gasteiger charge is 2.22. The normalized spacial score (nSPS) is 11.4. The van der Waals surface area contributed by atoms with Gasteiger partial charge in [-0.25, -0.2) is 0 Å². The Morgan fingerprint density at radius 2 is 1.49 bits per heavy atom. The number of rotatable bonds is 8. The van der Waals surface area contributed by atoms with E-state index >= 15 is 0 Å². The van der Waals surface area contributed by atoms with Crippen molar-refractivity contribution in [2.75, 3.05) is 10.6 Å². The summed E-state index contributed by atoms with van der Waals surface area (Å²) in [5, 5.41) is 16.3. The van der Waals surface area contributed by atoms with Crippen LogP contribution in [0.5, 0.6) is 0 Å². The highest BCUT2D eigenvalue weighted by molar-refractivity contribution is 8.00. The summed E-state index contributed by atoms with van der Waals surface area (Å²) in [5.74, 6) is -0.582. The summed E-state index contributed by atoms with van der Waals surface area (Å²) < 4.78 is 0. The summed E-state index contributed by atoms with van der Waals surface area (Å²) in [7, 11) is 0. The van der Waals surface area contributed by atoms with E-state index in [0.29, 0.717) is 5.69 Å². The third-order valence-electron chi connectivity index (χ3n) is 5.80. The molecule has 0 saturated carbocycles. The fourth-order valence-electron chi connectivity index (χ4n) is 3.64. The smallest absolute Gasteiger partial charge is 0.270 e. The number of hydrogen-bond donors (Lipinski definition) is 2. The Balaban J connectivity index is 1.48. The van der Waals surface area contributed by atoms with Crippen LogP contribution in [0, 0.1) is 24.0 Å². The topological polar surface area (TPSA) is 101 Å². The number of aryl methyl sites for hydroxylation is 2. The molecule has 1 unspecified atom stereocenters. The lowest BCUT2D eigenvalue weighted by Crippen LogP contribution is -2.19. The van der Waals surface area contributed by atoms with Gasteiger partial charge >= 0.3 is 0 Å². The van der Waals surface area contributed by atoms with E-state index in [0.717, 1.165) is 27.3 Å². The standard InChI is InChI=1S/C29H25N3O4S/c1-19-11-12-24(17-20(19)2)31-29(34)27(21-7-4-3-5-8-21)37-26-15-13-23(14-16-26)30-28(33)22-9-6-10-25(18-22)32(35)36/h3-18,27H,1-2H3,(H,30,33)(H,31,34). The molecule has 0 saturated heterocycles. The van der Waals surface area contributed by atoms with E-state index in [1.807, 2.05) is 74.5 Å². The summed E-state index contributed by atoms with van der Waals surface area (Å²) >= 11 is 1.41. The SMILES string of the molecule is Cc1ccc(NC(=O)C(Sc2ccc(NC(=O)c3cccc([N+](=O)[O-])c3)cc2)c2ccccc2)cc1C. The molecule has 1 atom stereocenters. The van der Waals surface area contributed by atoms with Gasteiger partial charge in [0.15, 0.2) is 0 Å². The molecule has 0 aliphatic carbocycles. The molecule has 2 amide bonds. The first-order valence-electron chi connectivity index (χ1n) is 11.6. The number of benzene rings is 4. The largest absolute Gasteiger partial charge is 0.325 e. The van der Waals surface area contributed by atoms with Gasteiger partial charge in [0.1, 0.15) is 5.25 Å². The van der Waals surface area contributed by atoms with Crippen LogP contribution in [-0.2, 0) is 4.79 Å². The zero-order valence-electron chi connectivity index (χ0n) is 20.3. The molecule has 0 heterocycles. The summed E-state index contributed by atoms with van der Waals surface area (Å²) in [4.78, 5) is 37.2. The predicted molar refractivity (Wildman–Crippen MR) is 147 cm³/mol. The van der Waals surface area contributed by atoms with Crippen LogP contribution >= 0.6 is 11.8 Å². The van der Waals surface area contributed by atoms with Gasteiger partial charge in [-0.2, -0.15) is 0 Å². The van der Waals surface area contributed by atoms with E-state index in [9.17, 15) is 19.7 Å². The van der Waals surface area contributed by atoms with Gasteiger partial charge in [0.05, 0.1) is 4.92 Å². The van der Waals surface area contributed by atoms with Gasteiger partial charge in [0.2, 0.25) is 5.91 Å². The van der Waals surface area contributed by atoms with Gasteiger partial charge < -0.3 is 10.6 Å². The summed E-state index contributed by atoms with van der Waals surface area (Å²) in [6.07, 6.45) is 0. The van der Waals surface area contributed by atoms with E-state index in [4.69, 9.17) is 0 Å². The number of carbonyl (C=O) groups is 2. The molecule has 2 N–H and O–H groups in total. The summed E-state index contributed by atoms with van der Waals surface area (Å²) in [5.41, 5.74) is 4.46. The quantitative estimate of drug-likeness (QED) is 0.152. The van der Waals surface area contributed by atoms with Crippen LogP contribution in [0.3, 0.4) is 0 Å². The number of nitrogens with one attached hydrogen (secondary N) is 2. The maximum Gasteiger partial charge on any atom is 0.270 e. The Labute approximate surface area is 219 Å². The minimum absolute atomic E-state index is 0.137. The van der Waals surface area contributed by atoms with Crippen LogP contribution in [0.2, 0.25) is 0 Å². The molecule has 0 aliphatic heterocycles. The van der Waals surface area contributed by atoms with E-state index in [1.54, 1.807) is 12.1 Å². The average Bonchev–Trinajstić information content (AvgIpc) is 2.90. The van der Waals surface area contributed by atoms with Gasteiger partial charge in [-0.05, 0) is 73.0 Å². The molecular weight excluding hydrogens is 486 g/mol. The highest BCUT2D eigenvalue weighted by atomic mass is 32.2. The van der Waals surface area contributed by atoms with Crippen LogP contribution in [-0.4, -0.2) is 16.7 Å². The van der Waals surface area contributed by atoms with Crippen molar-refractivity contribution in [3.05, 3.63) is 129 Å². The van der Waals surface area contributed by atoms with Crippen molar-refractivity contribution in [2.24, 2.45) is 0 Å². The van der Waals surface area contributed by atoms with Crippen molar-refractivity contribution in [3.8, 4) is 0 Å². The van der Waals surface area contributed by atoms with Crippen LogP contribution in [0.15, 0.2) is 102 Å². The molecule has 186 valence electrons. The minimum Gasteiger partial charge on any atom is -0.325 e. The first-order valence-corrected chi connectivity index (χ1v) is 12.4. The van der Waals surface area contributed by atoms with Crippen molar-refractivity contribution in [1.82, 2.24) is 0 Å². The lowest BCUT2D eigenvalue weighted by Gasteiger charge is -2.18. The fraction of sp³-hybridized carbons (Fsp3) is 0.103. The molecule has 0 aromatic heterocycles. The lowest BCUT2D eigenvalue weighted by molar-refractivity contribution is -0.384. The van der Waals surface area contributed by atoms with Crippen molar-refractivity contribution in [2.45, 2.75) is 24.0 Å². The first-order chi connectivity index (χ1) is 17.8. The van der Waals surface area contributed by atoms with E-state index in [1.165, 1.54) is 36.0 Å². The van der Waals surface area contributed by atoms with Crippen molar-refractivity contribution < 1.29 is 14.5 Å². The number of anilines is 2. The minimum atomic E-state index is -0.540. The molecule has 4 aromatic rings. The zero-order chi connectivity index (χ0) is 26.4. The average molecular weight is 512 g/mol. The van der Waals surface area contributed by atoms with E-state index < -0.39 is 16.1 Å². The van der Waals surface area contributed by atoms with E-state index in [2.05, 4.69) is 10.6 Å². The van der Waals surface area contributed by atoms with Gasteiger partial charge in [0.25, 0.3) is 11.6 Å². The van der Waals surface area contributed by atoms with Crippen molar-refractivity contribution >= 4 is 40.6 Å². The predicted octanol–water partition coefficient (Wildman–Crippen LogP) is 6.94. The Morgan fingerprint density at radius 1 is 0.784 bits per heavy atom. The first kappa shape index (κ1) is 25.7. The lowest BCUT2D eigenvalue weighted by atomic mass is 10.1. The third kappa shape index (κ3) is 6.62. The molecule has 4 rings (SSSR count). The van der Waals surface area contributed by atoms with Crippen LogP contribution in [0.1, 0.15) is 32.3 Å². The molecule has 0 bridgehead atoms. The number of nitro groups is 1. The molecule has 0 aliphatic rings. The van der Waals surface area contributed by atoms with Gasteiger partial charge in [-0.15, -0.1) is 11.8 Å². The second-order valence-corrected chi connectivity index (χ2v) is 9.66. The molecule has 7 nitrogen and oxygen atoms in total. The second-order valence-electron chi connectivity index (χ2n) is 8.48. The fourth-order valence-corrected chi connectivity index (χ4v) is 4.67. The van der Waals surface area contributed by atoms with E-state index in [-0.39, 0.29) is 17.2 Å². The maximum absolute atomic E-state index is 13.3. The molecular formula is C29H25N3O4S. The number of nitro benzene ring substituents is 1. The second kappa shape index (κ2) is 11.5. The molecule has 4 aromatic carbocycles. The highest BCUT2D eigenvalue weighted by Crippen LogP contribution is 2.37. The van der Waals surface area contributed by atoms with Crippen LogP contribution < -0.4 is 10.6 Å².